The van der Waals surface area contributed by atoms with Crippen LogP contribution in [0.1, 0.15) is 10.6 Å². The van der Waals surface area contributed by atoms with Crippen LogP contribution >= 0.6 is 11.3 Å². The Hall–Kier alpha value is -2.74. The summed E-state index contributed by atoms with van der Waals surface area (Å²) >= 11 is 1.61. The third kappa shape index (κ3) is 3.67. The molecule has 22 heavy (non-hydrogen) atoms. The number of amides is 2. The van der Waals surface area contributed by atoms with Gasteiger partial charge in [0.1, 0.15) is 5.69 Å². The van der Waals surface area contributed by atoms with Crippen LogP contribution in [0.4, 0.5) is 4.79 Å². The second kappa shape index (κ2) is 6.81. The molecule has 0 aliphatic carbocycles. The molecular weight excluding hydrogens is 300 g/mol. The van der Waals surface area contributed by atoms with Crippen molar-refractivity contribution < 1.29 is 4.79 Å². The van der Waals surface area contributed by atoms with Gasteiger partial charge >= 0.3 is 6.03 Å². The molecule has 0 aromatic carbocycles. The number of nitrogens with one attached hydrogen (secondary N) is 2. The first-order valence-electron chi connectivity index (χ1n) is 6.67. The van der Waals surface area contributed by atoms with E-state index in [4.69, 9.17) is 0 Å². The molecule has 112 valence electrons. The summed E-state index contributed by atoms with van der Waals surface area (Å²) in [7, 11) is 0. The van der Waals surface area contributed by atoms with Crippen molar-refractivity contribution in [2.24, 2.45) is 0 Å². The first kappa shape index (κ1) is 14.2. The fourth-order valence-electron chi connectivity index (χ4n) is 1.82. The third-order valence-electron chi connectivity index (χ3n) is 2.90. The van der Waals surface area contributed by atoms with Crippen LogP contribution in [-0.2, 0) is 13.1 Å². The smallest absolute Gasteiger partial charge is 0.315 e. The third-order valence-corrected chi connectivity index (χ3v) is 3.78. The van der Waals surface area contributed by atoms with E-state index in [0.717, 1.165) is 10.6 Å². The van der Waals surface area contributed by atoms with Gasteiger partial charge in [0.25, 0.3) is 0 Å². The number of rotatable bonds is 5. The van der Waals surface area contributed by atoms with Crippen LogP contribution in [0.15, 0.2) is 48.2 Å². The van der Waals surface area contributed by atoms with E-state index in [9.17, 15) is 4.79 Å². The van der Waals surface area contributed by atoms with Gasteiger partial charge in [-0.3, -0.25) is 4.98 Å². The van der Waals surface area contributed by atoms with Gasteiger partial charge in [-0.2, -0.15) is 0 Å². The monoisotopic (exact) mass is 314 g/mol. The van der Waals surface area contributed by atoms with Gasteiger partial charge in [-0.05, 0) is 23.6 Å². The standard InChI is InChI=1S/C14H14N6OS/c21-14(17-9-13-2-1-7-22-13)16-8-11-10-20(19-18-11)12-3-5-15-6-4-12/h1-7,10H,8-9H2,(H2,16,17,21). The van der Waals surface area contributed by atoms with Gasteiger partial charge in [0.05, 0.1) is 25.0 Å². The Balaban J connectivity index is 1.49. The minimum absolute atomic E-state index is 0.230. The van der Waals surface area contributed by atoms with Gasteiger partial charge in [-0.25, -0.2) is 9.48 Å². The minimum atomic E-state index is -0.230. The molecule has 3 aromatic rings. The van der Waals surface area contributed by atoms with E-state index in [1.807, 2.05) is 29.6 Å². The Morgan fingerprint density at radius 1 is 1.18 bits per heavy atom. The van der Waals surface area contributed by atoms with Crippen molar-refractivity contribution in [3.05, 3.63) is 58.8 Å². The number of carbonyl (C=O) groups is 1. The van der Waals surface area contributed by atoms with Crippen molar-refractivity contribution >= 4 is 17.4 Å². The van der Waals surface area contributed by atoms with Crippen molar-refractivity contribution in [1.29, 1.82) is 0 Å². The van der Waals surface area contributed by atoms with Crippen LogP contribution in [0.5, 0.6) is 0 Å². The van der Waals surface area contributed by atoms with Crippen molar-refractivity contribution in [3.8, 4) is 5.69 Å². The molecule has 3 heterocycles. The molecular formula is C14H14N6OS. The Morgan fingerprint density at radius 3 is 2.77 bits per heavy atom. The molecule has 0 saturated heterocycles. The highest BCUT2D eigenvalue weighted by molar-refractivity contribution is 7.09. The average molecular weight is 314 g/mol. The molecule has 3 rings (SSSR count). The lowest BCUT2D eigenvalue weighted by atomic mass is 10.4. The summed E-state index contributed by atoms with van der Waals surface area (Å²) in [6.45, 7) is 0.842. The lowest BCUT2D eigenvalue weighted by molar-refractivity contribution is 0.240. The molecule has 0 spiro atoms. The highest BCUT2D eigenvalue weighted by Crippen LogP contribution is 2.07. The first-order chi connectivity index (χ1) is 10.8. The maximum absolute atomic E-state index is 11.7. The number of carbonyl (C=O) groups excluding carboxylic acids is 1. The molecule has 0 atom stereocenters. The SMILES string of the molecule is O=C(NCc1cn(-c2ccncc2)nn1)NCc1cccs1. The molecule has 0 aliphatic rings. The lowest BCUT2D eigenvalue weighted by Crippen LogP contribution is -2.34. The van der Waals surface area contributed by atoms with E-state index < -0.39 is 0 Å². The van der Waals surface area contributed by atoms with E-state index in [0.29, 0.717) is 18.8 Å². The van der Waals surface area contributed by atoms with Crippen LogP contribution in [0.2, 0.25) is 0 Å². The van der Waals surface area contributed by atoms with Gasteiger partial charge in [0.2, 0.25) is 0 Å². The van der Waals surface area contributed by atoms with E-state index in [1.165, 1.54) is 0 Å². The number of thiophene rings is 1. The van der Waals surface area contributed by atoms with E-state index >= 15 is 0 Å². The zero-order valence-electron chi connectivity index (χ0n) is 11.6. The van der Waals surface area contributed by atoms with Crippen LogP contribution in [0.25, 0.3) is 5.69 Å². The number of urea groups is 1. The Bertz CT molecular complexity index is 725. The zero-order valence-corrected chi connectivity index (χ0v) is 12.5. The Morgan fingerprint density at radius 2 is 2.00 bits per heavy atom. The van der Waals surface area contributed by atoms with Gasteiger partial charge in [-0.1, -0.05) is 11.3 Å². The van der Waals surface area contributed by atoms with Crippen LogP contribution < -0.4 is 10.6 Å². The zero-order chi connectivity index (χ0) is 15.2. The van der Waals surface area contributed by atoms with Gasteiger partial charge in [-0.15, -0.1) is 16.4 Å². The first-order valence-corrected chi connectivity index (χ1v) is 7.55. The number of nitrogens with zero attached hydrogens (tertiary/aromatic N) is 4. The lowest BCUT2D eigenvalue weighted by Gasteiger charge is -2.04. The molecule has 2 N–H and O–H groups in total. The fourth-order valence-corrected chi connectivity index (χ4v) is 2.46. The predicted molar refractivity (Wildman–Crippen MR) is 82.5 cm³/mol. The second-order valence-corrected chi connectivity index (χ2v) is 5.51. The number of hydrogen-bond acceptors (Lipinski definition) is 5. The molecule has 8 heteroatoms. The predicted octanol–water partition coefficient (Wildman–Crippen LogP) is 1.72. The van der Waals surface area contributed by atoms with Crippen LogP contribution in [0.3, 0.4) is 0 Å². The topological polar surface area (TPSA) is 84.7 Å². The summed E-state index contributed by atoms with van der Waals surface area (Å²) in [4.78, 5) is 16.8. The number of pyridine rings is 1. The van der Waals surface area contributed by atoms with Gasteiger partial charge in [0, 0.05) is 17.3 Å². The summed E-state index contributed by atoms with van der Waals surface area (Å²) in [5.41, 5.74) is 1.55. The van der Waals surface area contributed by atoms with Crippen LogP contribution in [-0.4, -0.2) is 26.0 Å². The maximum atomic E-state index is 11.7. The quantitative estimate of drug-likeness (QED) is 0.751. The molecule has 7 nitrogen and oxygen atoms in total. The molecule has 0 bridgehead atoms. The summed E-state index contributed by atoms with van der Waals surface area (Å²) in [5, 5.41) is 15.6. The highest BCUT2D eigenvalue weighted by Gasteiger charge is 2.05. The van der Waals surface area contributed by atoms with Gasteiger partial charge in [0.15, 0.2) is 0 Å². The highest BCUT2D eigenvalue weighted by atomic mass is 32.1. The van der Waals surface area contributed by atoms with E-state index in [1.54, 1.807) is 34.6 Å². The Labute approximate surface area is 131 Å². The van der Waals surface area contributed by atoms with E-state index in [2.05, 4.69) is 25.9 Å². The number of aromatic nitrogens is 4. The molecule has 2 amide bonds. The molecule has 3 aromatic heterocycles. The summed E-state index contributed by atoms with van der Waals surface area (Å²) in [6.07, 6.45) is 5.15. The molecule has 0 radical (unpaired) electrons. The largest absolute Gasteiger partial charge is 0.333 e. The molecule has 0 fully saturated rings. The Kier molecular flexibility index (Phi) is 4.40. The molecule has 0 aliphatic heterocycles. The van der Waals surface area contributed by atoms with Crippen molar-refractivity contribution in [2.75, 3.05) is 0 Å². The average Bonchev–Trinajstić information content (AvgIpc) is 3.23. The van der Waals surface area contributed by atoms with Crippen molar-refractivity contribution in [1.82, 2.24) is 30.6 Å². The second-order valence-electron chi connectivity index (χ2n) is 4.48. The maximum Gasteiger partial charge on any atom is 0.315 e. The number of hydrogen-bond donors (Lipinski definition) is 2. The molecule has 0 saturated carbocycles. The van der Waals surface area contributed by atoms with Gasteiger partial charge < -0.3 is 10.6 Å². The summed E-state index contributed by atoms with van der Waals surface area (Å²) in [5.74, 6) is 0. The fraction of sp³-hybridized carbons (Fsp3) is 0.143. The van der Waals surface area contributed by atoms with Crippen LogP contribution in [0, 0.1) is 0 Å². The molecule has 0 unspecified atom stereocenters. The summed E-state index contributed by atoms with van der Waals surface area (Å²) in [6, 6.07) is 7.37. The summed E-state index contributed by atoms with van der Waals surface area (Å²) < 4.78 is 1.64. The van der Waals surface area contributed by atoms with E-state index in [-0.39, 0.29) is 6.03 Å². The van der Waals surface area contributed by atoms with Crippen molar-refractivity contribution in [2.45, 2.75) is 13.1 Å². The normalized spacial score (nSPS) is 10.4. The van der Waals surface area contributed by atoms with Crippen molar-refractivity contribution in [3.63, 3.8) is 0 Å². The minimum Gasteiger partial charge on any atom is -0.333 e.